The summed E-state index contributed by atoms with van der Waals surface area (Å²) >= 11 is 0. The summed E-state index contributed by atoms with van der Waals surface area (Å²) in [5.41, 5.74) is 0.0416. The fraction of sp³-hybridized carbons (Fsp3) is 0.368. The Kier molecular flexibility index (Phi) is 4.85. The van der Waals surface area contributed by atoms with Crippen molar-refractivity contribution in [2.75, 3.05) is 23.3 Å². The van der Waals surface area contributed by atoms with Gasteiger partial charge in [-0.25, -0.2) is 0 Å². The Morgan fingerprint density at radius 2 is 1.90 bits per heavy atom. The molecule has 0 radical (unpaired) electrons. The third-order valence-electron chi connectivity index (χ3n) is 5.05. The van der Waals surface area contributed by atoms with Crippen molar-refractivity contribution >= 4 is 23.1 Å². The van der Waals surface area contributed by atoms with E-state index in [1.807, 2.05) is 19.1 Å². The van der Waals surface area contributed by atoms with E-state index in [1.165, 1.54) is 12.1 Å². The van der Waals surface area contributed by atoms with Crippen molar-refractivity contribution < 1.29 is 18.0 Å². The monoisotopic (exact) mass is 404 g/mol. The first-order valence-corrected chi connectivity index (χ1v) is 9.23. The van der Waals surface area contributed by atoms with Crippen molar-refractivity contribution in [1.82, 2.24) is 19.8 Å². The van der Waals surface area contributed by atoms with E-state index in [1.54, 1.807) is 4.52 Å². The molecule has 29 heavy (non-hydrogen) atoms. The van der Waals surface area contributed by atoms with Gasteiger partial charge < -0.3 is 10.2 Å². The minimum Gasteiger partial charge on any atom is -0.355 e. The second-order valence-corrected chi connectivity index (χ2v) is 7.04. The number of piperidine rings is 1. The zero-order valence-corrected chi connectivity index (χ0v) is 15.6. The van der Waals surface area contributed by atoms with Crippen molar-refractivity contribution in [2.45, 2.75) is 25.9 Å². The Bertz CT molecular complexity index is 1040. The van der Waals surface area contributed by atoms with Crippen LogP contribution in [0.15, 0.2) is 36.4 Å². The van der Waals surface area contributed by atoms with Gasteiger partial charge in [-0.15, -0.1) is 15.3 Å². The number of fused-ring (bicyclic) bond motifs is 1. The summed E-state index contributed by atoms with van der Waals surface area (Å²) in [6.45, 7) is 3.07. The number of anilines is 2. The van der Waals surface area contributed by atoms with E-state index in [-0.39, 0.29) is 17.5 Å². The summed E-state index contributed by atoms with van der Waals surface area (Å²) < 4.78 is 40.2. The molecule has 0 aliphatic carbocycles. The van der Waals surface area contributed by atoms with E-state index in [0.717, 1.165) is 18.0 Å². The molecular weight excluding hydrogens is 385 g/mol. The van der Waals surface area contributed by atoms with E-state index in [4.69, 9.17) is 0 Å². The van der Waals surface area contributed by atoms with Gasteiger partial charge in [-0.2, -0.15) is 17.7 Å². The number of nitrogens with one attached hydrogen (secondary N) is 1. The minimum absolute atomic E-state index is 0.155. The number of halogens is 3. The average Bonchev–Trinajstić information content (AvgIpc) is 3.08. The van der Waals surface area contributed by atoms with Crippen LogP contribution in [-0.2, 0) is 11.0 Å². The lowest BCUT2D eigenvalue weighted by Gasteiger charge is -2.32. The molecule has 1 amide bonds. The van der Waals surface area contributed by atoms with Gasteiger partial charge in [0.05, 0.1) is 5.56 Å². The van der Waals surface area contributed by atoms with Crippen LogP contribution in [0.1, 0.15) is 24.2 Å². The van der Waals surface area contributed by atoms with Gasteiger partial charge in [-0.3, -0.25) is 4.79 Å². The minimum atomic E-state index is -4.44. The Balaban J connectivity index is 1.39. The molecule has 3 heterocycles. The molecule has 0 saturated carbocycles. The van der Waals surface area contributed by atoms with E-state index in [9.17, 15) is 18.0 Å². The predicted molar refractivity (Wildman–Crippen MR) is 101 cm³/mol. The van der Waals surface area contributed by atoms with E-state index in [0.29, 0.717) is 37.4 Å². The van der Waals surface area contributed by atoms with Gasteiger partial charge in [-0.1, -0.05) is 6.07 Å². The normalized spacial score (nSPS) is 15.7. The lowest BCUT2D eigenvalue weighted by Crippen LogP contribution is -2.38. The van der Waals surface area contributed by atoms with Crippen molar-refractivity contribution in [1.29, 1.82) is 0 Å². The van der Waals surface area contributed by atoms with Crippen molar-refractivity contribution in [3.05, 3.63) is 47.8 Å². The van der Waals surface area contributed by atoms with Gasteiger partial charge in [0.25, 0.3) is 0 Å². The Morgan fingerprint density at radius 3 is 2.62 bits per heavy atom. The fourth-order valence-corrected chi connectivity index (χ4v) is 3.44. The number of carbonyl (C=O) groups excluding carboxylic acids is 1. The van der Waals surface area contributed by atoms with Crippen LogP contribution in [0.5, 0.6) is 0 Å². The Morgan fingerprint density at radius 1 is 1.14 bits per heavy atom. The summed E-state index contributed by atoms with van der Waals surface area (Å²) in [5, 5.41) is 15.1. The van der Waals surface area contributed by atoms with E-state index >= 15 is 0 Å². The van der Waals surface area contributed by atoms with Crippen molar-refractivity contribution in [3.8, 4) is 0 Å². The van der Waals surface area contributed by atoms with Gasteiger partial charge in [0.1, 0.15) is 5.82 Å². The zero-order chi connectivity index (χ0) is 20.6. The number of benzene rings is 1. The molecule has 4 rings (SSSR count). The molecule has 0 spiro atoms. The number of alkyl halides is 3. The van der Waals surface area contributed by atoms with Crippen molar-refractivity contribution in [3.63, 3.8) is 0 Å². The smallest absolute Gasteiger partial charge is 0.355 e. The molecule has 0 unspecified atom stereocenters. The van der Waals surface area contributed by atoms with E-state index in [2.05, 4.69) is 25.5 Å². The number of hydrogen-bond acceptors (Lipinski definition) is 5. The second-order valence-electron chi connectivity index (χ2n) is 7.04. The average molecular weight is 404 g/mol. The maximum absolute atomic E-state index is 12.8. The van der Waals surface area contributed by atoms with Crippen LogP contribution in [0.3, 0.4) is 0 Å². The molecule has 1 aliphatic rings. The molecule has 7 nitrogen and oxygen atoms in total. The SMILES string of the molecule is Cc1nnc2ccc(N3CCC(C(=O)Nc4cccc(C(F)(F)F)c4)CC3)nn12. The standard InChI is InChI=1S/C19H19F3N6O/c1-12-24-25-16-5-6-17(26-28(12)16)27-9-7-13(8-10-27)18(29)23-15-4-2-3-14(11-15)19(20,21)22/h2-6,11,13H,7-10H2,1H3,(H,23,29). The molecule has 0 bridgehead atoms. The highest BCUT2D eigenvalue weighted by molar-refractivity contribution is 5.92. The van der Waals surface area contributed by atoms with Crippen LogP contribution >= 0.6 is 0 Å². The highest BCUT2D eigenvalue weighted by atomic mass is 19.4. The molecule has 1 fully saturated rings. The summed E-state index contributed by atoms with van der Waals surface area (Å²) in [6, 6.07) is 8.39. The van der Waals surface area contributed by atoms with Gasteiger partial charge in [0, 0.05) is 24.7 Å². The quantitative estimate of drug-likeness (QED) is 0.725. The molecule has 1 aliphatic heterocycles. The number of amides is 1. The van der Waals surface area contributed by atoms with Crippen LogP contribution in [0, 0.1) is 12.8 Å². The molecule has 1 aromatic carbocycles. The predicted octanol–water partition coefficient (Wildman–Crippen LogP) is 3.31. The van der Waals surface area contributed by atoms with Gasteiger partial charge in [-0.05, 0) is 50.1 Å². The molecule has 10 heteroatoms. The topological polar surface area (TPSA) is 75.4 Å². The van der Waals surface area contributed by atoms with Crippen LogP contribution in [0.4, 0.5) is 24.7 Å². The first-order valence-electron chi connectivity index (χ1n) is 9.23. The zero-order valence-electron chi connectivity index (χ0n) is 15.6. The van der Waals surface area contributed by atoms with Crippen molar-refractivity contribution in [2.24, 2.45) is 5.92 Å². The number of nitrogens with zero attached hydrogens (tertiary/aromatic N) is 5. The maximum Gasteiger partial charge on any atom is 0.416 e. The summed E-state index contributed by atoms with van der Waals surface area (Å²) in [6.07, 6.45) is -3.26. The number of aryl methyl sites for hydroxylation is 1. The van der Waals surface area contributed by atoms with Crippen LogP contribution < -0.4 is 10.2 Å². The molecule has 152 valence electrons. The molecule has 1 saturated heterocycles. The first kappa shape index (κ1) is 19.2. The number of carbonyl (C=O) groups is 1. The molecule has 1 N–H and O–H groups in total. The summed E-state index contributed by atoms with van der Waals surface area (Å²) in [5.74, 6) is 0.942. The van der Waals surface area contributed by atoms with Gasteiger partial charge >= 0.3 is 6.18 Å². The van der Waals surface area contributed by atoms with Crippen LogP contribution in [0.2, 0.25) is 0 Å². The summed E-state index contributed by atoms with van der Waals surface area (Å²) in [7, 11) is 0. The summed E-state index contributed by atoms with van der Waals surface area (Å²) in [4.78, 5) is 14.6. The number of aromatic nitrogens is 4. The van der Waals surface area contributed by atoms with Crippen LogP contribution in [-0.4, -0.2) is 38.8 Å². The van der Waals surface area contributed by atoms with Gasteiger partial charge in [0.15, 0.2) is 11.5 Å². The molecular formula is C19H19F3N6O. The highest BCUT2D eigenvalue weighted by Crippen LogP contribution is 2.31. The second kappa shape index (κ2) is 7.34. The maximum atomic E-state index is 12.8. The number of hydrogen-bond donors (Lipinski definition) is 1. The van der Waals surface area contributed by atoms with E-state index < -0.39 is 11.7 Å². The van der Waals surface area contributed by atoms with Gasteiger partial charge in [0.2, 0.25) is 5.91 Å². The fourth-order valence-electron chi connectivity index (χ4n) is 3.44. The third-order valence-corrected chi connectivity index (χ3v) is 5.05. The molecule has 3 aromatic rings. The first-order chi connectivity index (χ1) is 13.8. The third kappa shape index (κ3) is 4.01. The highest BCUT2D eigenvalue weighted by Gasteiger charge is 2.31. The lowest BCUT2D eigenvalue weighted by atomic mass is 9.95. The number of rotatable bonds is 3. The van der Waals surface area contributed by atoms with Crippen LogP contribution in [0.25, 0.3) is 5.65 Å². The lowest BCUT2D eigenvalue weighted by molar-refractivity contribution is -0.137. The Labute approximate surface area is 164 Å². The molecule has 0 atom stereocenters. The molecule has 2 aromatic heterocycles. The Hall–Kier alpha value is -3.17. The largest absolute Gasteiger partial charge is 0.416 e.